The molecule has 0 aliphatic carbocycles. The van der Waals surface area contributed by atoms with Crippen molar-refractivity contribution < 1.29 is 19.2 Å². The molecule has 182 valence electrons. The molecule has 1 aliphatic rings. The van der Waals surface area contributed by atoms with Crippen molar-refractivity contribution in [3.8, 4) is 0 Å². The minimum Gasteiger partial charge on any atom is -0.452 e. The van der Waals surface area contributed by atoms with Gasteiger partial charge in [0, 0.05) is 49.2 Å². The minimum atomic E-state index is -0.791. The smallest absolute Gasteiger partial charge is 0.338 e. The molecule has 0 unspecified atom stereocenters. The Morgan fingerprint density at radius 3 is 2.26 bits per heavy atom. The fourth-order valence-corrected chi connectivity index (χ4v) is 3.93. The van der Waals surface area contributed by atoms with E-state index in [1.54, 1.807) is 6.07 Å². The number of benzene rings is 2. The van der Waals surface area contributed by atoms with Crippen LogP contribution in [0.3, 0.4) is 0 Å². The van der Waals surface area contributed by atoms with E-state index in [0.29, 0.717) is 11.3 Å². The maximum atomic E-state index is 12.4. The number of hydrogen-bond acceptors (Lipinski definition) is 7. The zero-order chi connectivity index (χ0) is 24.9. The van der Waals surface area contributed by atoms with Gasteiger partial charge in [-0.05, 0) is 42.3 Å². The first-order valence-electron chi connectivity index (χ1n) is 11.4. The third-order valence-electron chi connectivity index (χ3n) is 5.91. The lowest BCUT2D eigenvalue weighted by Gasteiger charge is -2.35. The predicted octanol–water partition coefficient (Wildman–Crippen LogP) is 3.83. The van der Waals surface area contributed by atoms with Crippen LogP contribution in [0, 0.1) is 10.1 Å². The Morgan fingerprint density at radius 2 is 1.71 bits per heavy atom. The fourth-order valence-electron chi connectivity index (χ4n) is 3.93. The summed E-state index contributed by atoms with van der Waals surface area (Å²) in [5.41, 5.74) is 1.64. The summed E-state index contributed by atoms with van der Waals surface area (Å²) in [7, 11) is 0. The number of carbonyl (C=O) groups excluding carboxylic acids is 2. The van der Waals surface area contributed by atoms with Crippen LogP contribution < -0.4 is 10.2 Å². The van der Waals surface area contributed by atoms with Crippen LogP contribution in [0.4, 0.5) is 17.1 Å². The molecular weight excluding hydrogens is 436 g/mol. The van der Waals surface area contributed by atoms with Crippen molar-refractivity contribution in [2.45, 2.75) is 33.1 Å². The minimum absolute atomic E-state index is 0.0278. The SMILES string of the molecule is CCN1CCN(c2ccc(NC(=O)COC(=O)c3ccc(C(C)(C)C)c([N+](=O)[O-])c3)cc2)CC1. The highest BCUT2D eigenvalue weighted by Gasteiger charge is 2.26. The van der Waals surface area contributed by atoms with E-state index >= 15 is 0 Å². The summed E-state index contributed by atoms with van der Waals surface area (Å²) in [6.07, 6.45) is 0. The number of anilines is 2. The molecular formula is C25H32N4O5. The van der Waals surface area contributed by atoms with Gasteiger partial charge in [0.25, 0.3) is 11.6 Å². The number of rotatable bonds is 7. The van der Waals surface area contributed by atoms with Gasteiger partial charge in [-0.1, -0.05) is 33.8 Å². The molecule has 2 aromatic rings. The normalized spacial score (nSPS) is 14.5. The number of nitrogens with one attached hydrogen (secondary N) is 1. The summed E-state index contributed by atoms with van der Waals surface area (Å²) in [6, 6.07) is 11.8. The van der Waals surface area contributed by atoms with Gasteiger partial charge in [-0.2, -0.15) is 0 Å². The summed E-state index contributed by atoms with van der Waals surface area (Å²) >= 11 is 0. The molecule has 0 atom stereocenters. The van der Waals surface area contributed by atoms with Gasteiger partial charge in [0.2, 0.25) is 0 Å². The highest BCUT2D eigenvalue weighted by molar-refractivity contribution is 5.96. The van der Waals surface area contributed by atoms with Gasteiger partial charge in [-0.15, -0.1) is 0 Å². The molecule has 1 amide bonds. The van der Waals surface area contributed by atoms with E-state index in [-0.39, 0.29) is 11.3 Å². The number of nitrogens with zero attached hydrogens (tertiary/aromatic N) is 3. The van der Waals surface area contributed by atoms with Crippen LogP contribution in [0.15, 0.2) is 42.5 Å². The third-order valence-corrected chi connectivity index (χ3v) is 5.91. The van der Waals surface area contributed by atoms with E-state index in [1.807, 2.05) is 45.0 Å². The average molecular weight is 469 g/mol. The highest BCUT2D eigenvalue weighted by atomic mass is 16.6. The van der Waals surface area contributed by atoms with E-state index < -0.39 is 28.8 Å². The van der Waals surface area contributed by atoms with Gasteiger partial charge >= 0.3 is 5.97 Å². The number of amides is 1. The standard InChI is InChI=1S/C25H32N4O5/c1-5-27-12-14-28(15-13-27)20-9-7-19(8-10-20)26-23(30)17-34-24(31)18-6-11-21(25(2,3)4)22(16-18)29(32)33/h6-11,16H,5,12-15,17H2,1-4H3,(H,26,30). The molecule has 0 saturated carbocycles. The van der Waals surface area contributed by atoms with Crippen molar-refractivity contribution in [3.05, 3.63) is 63.7 Å². The van der Waals surface area contributed by atoms with E-state index in [4.69, 9.17) is 4.74 Å². The molecule has 34 heavy (non-hydrogen) atoms. The van der Waals surface area contributed by atoms with E-state index in [2.05, 4.69) is 22.0 Å². The van der Waals surface area contributed by atoms with Crippen molar-refractivity contribution in [1.82, 2.24) is 4.90 Å². The van der Waals surface area contributed by atoms with Crippen LogP contribution in [0.25, 0.3) is 0 Å². The van der Waals surface area contributed by atoms with Crippen LogP contribution in [0.1, 0.15) is 43.6 Å². The molecule has 0 radical (unpaired) electrons. The number of esters is 1. The summed E-state index contributed by atoms with van der Waals surface area (Å²) in [4.78, 5) is 40.3. The summed E-state index contributed by atoms with van der Waals surface area (Å²) in [6.45, 7) is 12.3. The molecule has 1 aliphatic heterocycles. The molecule has 1 heterocycles. The van der Waals surface area contributed by atoms with E-state index in [1.165, 1.54) is 12.1 Å². The largest absolute Gasteiger partial charge is 0.452 e. The highest BCUT2D eigenvalue weighted by Crippen LogP contribution is 2.32. The van der Waals surface area contributed by atoms with Crippen LogP contribution in [-0.2, 0) is 14.9 Å². The Morgan fingerprint density at radius 1 is 1.06 bits per heavy atom. The molecule has 0 bridgehead atoms. The second kappa shape index (κ2) is 10.6. The second-order valence-electron chi connectivity index (χ2n) is 9.33. The molecule has 9 heteroatoms. The molecule has 1 fully saturated rings. The Balaban J connectivity index is 1.54. The molecule has 1 saturated heterocycles. The second-order valence-corrected chi connectivity index (χ2v) is 9.33. The van der Waals surface area contributed by atoms with Crippen molar-refractivity contribution in [2.75, 3.05) is 49.5 Å². The number of ether oxygens (including phenoxy) is 1. The number of hydrogen-bond donors (Lipinski definition) is 1. The quantitative estimate of drug-likeness (QED) is 0.374. The van der Waals surface area contributed by atoms with Gasteiger partial charge in [0.15, 0.2) is 6.61 Å². The lowest BCUT2D eigenvalue weighted by Crippen LogP contribution is -2.46. The summed E-state index contributed by atoms with van der Waals surface area (Å²) in [5, 5.41) is 14.2. The fraction of sp³-hybridized carbons (Fsp3) is 0.440. The molecule has 1 N–H and O–H groups in total. The zero-order valence-electron chi connectivity index (χ0n) is 20.2. The van der Waals surface area contributed by atoms with Crippen molar-refractivity contribution in [3.63, 3.8) is 0 Å². The van der Waals surface area contributed by atoms with Crippen molar-refractivity contribution in [1.29, 1.82) is 0 Å². The maximum Gasteiger partial charge on any atom is 0.338 e. The molecule has 3 rings (SSSR count). The Labute approximate surface area is 199 Å². The summed E-state index contributed by atoms with van der Waals surface area (Å²) < 4.78 is 5.08. The first-order valence-corrected chi connectivity index (χ1v) is 11.4. The number of nitro groups is 1. The van der Waals surface area contributed by atoms with E-state index in [0.717, 1.165) is 38.4 Å². The average Bonchev–Trinajstić information content (AvgIpc) is 2.82. The molecule has 9 nitrogen and oxygen atoms in total. The van der Waals surface area contributed by atoms with Crippen LogP contribution in [0.5, 0.6) is 0 Å². The number of carbonyl (C=O) groups is 2. The monoisotopic (exact) mass is 468 g/mol. The topological polar surface area (TPSA) is 105 Å². The molecule has 0 spiro atoms. The van der Waals surface area contributed by atoms with Crippen LogP contribution in [-0.4, -0.2) is 61.0 Å². The first kappa shape index (κ1) is 25.2. The maximum absolute atomic E-state index is 12.4. The van der Waals surface area contributed by atoms with Gasteiger partial charge < -0.3 is 19.9 Å². The molecule has 2 aromatic carbocycles. The number of piperazine rings is 1. The summed E-state index contributed by atoms with van der Waals surface area (Å²) in [5.74, 6) is -1.28. The van der Waals surface area contributed by atoms with Crippen LogP contribution >= 0.6 is 0 Å². The Kier molecular flexibility index (Phi) is 7.88. The van der Waals surface area contributed by atoms with Crippen molar-refractivity contribution >= 4 is 28.9 Å². The lowest BCUT2D eigenvalue weighted by molar-refractivity contribution is -0.386. The van der Waals surface area contributed by atoms with Crippen molar-refractivity contribution in [2.24, 2.45) is 0 Å². The number of likely N-dealkylation sites (N-methyl/N-ethyl adjacent to an activating group) is 1. The van der Waals surface area contributed by atoms with Gasteiger partial charge in [0.1, 0.15) is 0 Å². The van der Waals surface area contributed by atoms with Crippen LogP contribution in [0.2, 0.25) is 0 Å². The van der Waals surface area contributed by atoms with Gasteiger partial charge in [-0.3, -0.25) is 14.9 Å². The number of nitro benzene ring substituents is 1. The predicted molar refractivity (Wildman–Crippen MR) is 131 cm³/mol. The van der Waals surface area contributed by atoms with E-state index in [9.17, 15) is 19.7 Å². The van der Waals surface area contributed by atoms with Gasteiger partial charge in [-0.25, -0.2) is 4.79 Å². The first-order chi connectivity index (χ1) is 16.1. The third kappa shape index (κ3) is 6.32. The van der Waals surface area contributed by atoms with Gasteiger partial charge in [0.05, 0.1) is 10.5 Å². The zero-order valence-corrected chi connectivity index (χ0v) is 20.2. The Bertz CT molecular complexity index is 1040. The molecule has 0 aromatic heterocycles. The lowest BCUT2D eigenvalue weighted by atomic mass is 9.85. The Hall–Kier alpha value is -3.46.